The Labute approximate surface area is 724 Å². The molecule has 0 spiro atoms. The van der Waals surface area contributed by atoms with Crippen LogP contribution in [-0.2, 0) is 41.5 Å². The van der Waals surface area contributed by atoms with E-state index in [9.17, 15) is 19.2 Å². The molecule has 2 aromatic heterocycles. The highest BCUT2D eigenvalue weighted by molar-refractivity contribution is 6.12. The molecule has 2 fully saturated rings. The number of nitrogens with one attached hydrogen (secondary N) is 2. The van der Waals surface area contributed by atoms with Gasteiger partial charge in [0.1, 0.15) is 11.5 Å². The molecule has 0 aliphatic carbocycles. The van der Waals surface area contributed by atoms with E-state index < -0.39 is 11.9 Å². The number of hydrogen-bond donors (Lipinski definition) is 2. The van der Waals surface area contributed by atoms with Gasteiger partial charge in [-0.05, 0) is 300 Å². The Morgan fingerprint density at radius 2 is 0.642 bits per heavy atom. The third-order valence-corrected chi connectivity index (χ3v) is 23.1. The Bertz CT molecular complexity index is 5540. The van der Waals surface area contributed by atoms with Gasteiger partial charge in [-0.15, -0.1) is 0 Å². The van der Waals surface area contributed by atoms with Crippen LogP contribution in [0, 0.1) is 11.8 Å². The van der Waals surface area contributed by atoms with Gasteiger partial charge in [-0.25, -0.2) is 9.59 Å². The number of piperidine rings is 2. The summed E-state index contributed by atoms with van der Waals surface area (Å²) in [6.45, 7) is 24.9. The molecular formula is C109H114N6O8. The molecular weight excluding hydrogens is 1520 g/mol. The monoisotopic (exact) mass is 1630 g/mol. The molecule has 0 atom stereocenters. The van der Waals surface area contributed by atoms with Crippen molar-refractivity contribution in [2.45, 2.75) is 161 Å². The van der Waals surface area contributed by atoms with E-state index in [0.29, 0.717) is 24.7 Å². The van der Waals surface area contributed by atoms with Crippen molar-refractivity contribution in [3.8, 4) is 34.0 Å². The van der Waals surface area contributed by atoms with E-state index in [2.05, 4.69) is 353 Å². The normalized spacial score (nSPS) is 14.6. The van der Waals surface area contributed by atoms with Crippen molar-refractivity contribution in [1.82, 2.24) is 19.8 Å². The van der Waals surface area contributed by atoms with Crippen LogP contribution in [0.5, 0.6) is 11.5 Å². The summed E-state index contributed by atoms with van der Waals surface area (Å²) in [7, 11) is 0. The maximum Gasteiger partial charge on any atom is 0.335 e. The lowest BCUT2D eigenvalue weighted by molar-refractivity contribution is -0.153. The fourth-order valence-corrected chi connectivity index (χ4v) is 18.3. The topological polar surface area (TPSA) is 146 Å². The molecule has 14 nitrogen and oxygen atoms in total. The van der Waals surface area contributed by atoms with E-state index in [0.717, 1.165) is 152 Å². The second-order valence-electron chi connectivity index (χ2n) is 35.1. The summed E-state index contributed by atoms with van der Waals surface area (Å²) in [5, 5.41) is 12.1. The smallest absolute Gasteiger partial charge is 0.335 e. The molecule has 14 aromatic rings. The fourth-order valence-electron chi connectivity index (χ4n) is 18.3. The van der Waals surface area contributed by atoms with Crippen molar-refractivity contribution in [2.24, 2.45) is 11.8 Å². The molecule has 2 aliphatic rings. The number of nitrogens with zero attached hydrogens (tertiary/aromatic N) is 4. The molecule has 2 saturated heterocycles. The summed E-state index contributed by atoms with van der Waals surface area (Å²) >= 11 is 0. The first-order valence-corrected chi connectivity index (χ1v) is 43.3. The maximum absolute atomic E-state index is 12.5. The number of esters is 4. The summed E-state index contributed by atoms with van der Waals surface area (Å²) in [6.07, 6.45) is 14.5. The van der Waals surface area contributed by atoms with Crippen molar-refractivity contribution >= 4 is 102 Å². The average molecular weight is 1640 g/mol. The van der Waals surface area contributed by atoms with Crippen LogP contribution < -0.4 is 29.9 Å². The predicted molar refractivity (Wildman–Crippen MR) is 504 cm³/mol. The molecule has 0 bridgehead atoms. The van der Waals surface area contributed by atoms with Gasteiger partial charge in [0, 0.05) is 101 Å². The highest BCUT2D eigenvalue weighted by Crippen LogP contribution is 2.44. The number of para-hydroxylation sites is 6. The third kappa shape index (κ3) is 22.1. The molecule has 0 radical (unpaired) electrons. The summed E-state index contributed by atoms with van der Waals surface area (Å²) in [4.78, 5) is 52.0. The number of ether oxygens (including phenoxy) is 4. The molecule has 16 rings (SSSR count). The van der Waals surface area contributed by atoms with Crippen LogP contribution >= 0.6 is 0 Å². The highest BCUT2D eigenvalue weighted by atomic mass is 16.5. The van der Waals surface area contributed by atoms with E-state index >= 15 is 0 Å². The van der Waals surface area contributed by atoms with Crippen molar-refractivity contribution in [1.29, 1.82) is 0 Å². The second kappa shape index (κ2) is 39.3. The Balaban J connectivity index is 0.000000175. The van der Waals surface area contributed by atoms with Gasteiger partial charge < -0.3 is 48.5 Å². The largest absolute Gasteiger partial charge is 0.465 e. The molecule has 0 amide bonds. The van der Waals surface area contributed by atoms with E-state index in [1.165, 1.54) is 54.7 Å². The number of carbonyl (C=O) groups excluding carboxylic acids is 4. The Kier molecular flexibility index (Phi) is 27.7. The zero-order chi connectivity index (χ0) is 86.1. The van der Waals surface area contributed by atoms with Crippen molar-refractivity contribution in [2.75, 3.05) is 23.0 Å². The first-order chi connectivity index (χ1) is 59.5. The number of benzene rings is 12. The number of carbonyl (C=O) groups is 4. The molecule has 0 unspecified atom stereocenters. The fraction of sp³-hybridized carbons (Fsp3) is 0.266. The number of hydrogen-bond acceptors (Lipinski definition) is 12. The number of rotatable bonds is 28. The Morgan fingerprint density at radius 1 is 0.341 bits per heavy atom. The van der Waals surface area contributed by atoms with Crippen molar-refractivity contribution in [3.63, 3.8) is 0 Å². The van der Waals surface area contributed by atoms with Gasteiger partial charge in [0.25, 0.3) is 0 Å². The van der Waals surface area contributed by atoms with Gasteiger partial charge in [-0.3, -0.25) is 9.59 Å². The zero-order valence-electron chi connectivity index (χ0n) is 72.3. The van der Waals surface area contributed by atoms with Crippen LogP contribution in [0.4, 0.5) is 34.1 Å². The molecule has 2 N–H and O–H groups in total. The lowest BCUT2D eigenvalue weighted by Crippen LogP contribution is -2.59. The standard InChI is InChI=1S/C60H42N4.C26H48N2O4.C23H24O4/c1-5-17-45(18-6-1)61(51-37-39-59-55(41-51)53-25-13-15-27-57(53)63(59)47-21-9-3-10-22-47)49-33-29-43(30-34-49)44-31-35-50(36-32-44)62(46-19-7-2-8-20-46)52-38-40-60-56(42-52)54-26-14-16-28-58(54)64(60)48-23-11-4-12-24-48;1-23(2)15-19(16-24(3,4)27-23)21(29)31-13-11-9-10-12-14-32-22(30)20-17-25(5,6)28-26(7,8)18-20;1-3-22(24)26-20-14-10-18(11-15-20)8-6-5-7-9-19-12-16-21(17-13-19)27-23(25)4-2/h1-42H;19-20,27-28H,9-18H2,1-8H3;3-4,10-17H,1-2,5-9H2. The summed E-state index contributed by atoms with van der Waals surface area (Å²) in [5.74, 6) is -0.0268. The van der Waals surface area contributed by atoms with E-state index in [1.807, 2.05) is 24.3 Å². The van der Waals surface area contributed by atoms with Gasteiger partial charge in [0.05, 0.1) is 47.1 Å². The third-order valence-electron chi connectivity index (χ3n) is 23.1. The molecule has 2 aliphatic heterocycles. The van der Waals surface area contributed by atoms with Gasteiger partial charge in [0.15, 0.2) is 0 Å². The molecule has 628 valence electrons. The van der Waals surface area contributed by atoms with Crippen LogP contribution in [0.2, 0.25) is 0 Å². The SMILES string of the molecule is C=CC(=O)Oc1ccc(CCCCCc2ccc(OC(=O)C=C)cc2)cc1.CC1(C)CC(C(=O)OCCCCCCOC(=O)C2CC(C)(C)NC(C)(C)C2)CC(C)(C)N1.c1ccc(N(c2ccc(-c3ccc(N(c4ccccc4)c4ccc5c(c4)c4ccccc4n5-c4ccccc4)cc3)cc2)c2ccc3c(c2)c2ccccc2n3-c2ccccc2)cc1. The minimum atomic E-state index is -0.449. The Morgan fingerprint density at radius 3 is 0.992 bits per heavy atom. The van der Waals surface area contributed by atoms with Crippen molar-refractivity contribution in [3.05, 3.63) is 340 Å². The molecule has 14 heteroatoms. The van der Waals surface area contributed by atoms with Crippen LogP contribution in [0.25, 0.3) is 66.1 Å². The highest BCUT2D eigenvalue weighted by Gasteiger charge is 2.43. The molecule has 0 saturated carbocycles. The summed E-state index contributed by atoms with van der Waals surface area (Å²) in [5.41, 5.74) is 18.2. The number of unbranched alkanes of at least 4 members (excludes halogenated alkanes) is 5. The average Bonchev–Trinajstić information content (AvgIpc) is 1.56. The zero-order valence-corrected chi connectivity index (χ0v) is 72.3. The number of aryl methyl sites for hydroxylation is 2. The van der Waals surface area contributed by atoms with E-state index in [1.54, 1.807) is 24.3 Å². The first kappa shape index (κ1) is 86.5. The number of aromatic nitrogens is 2. The Hall–Kier alpha value is -12.9. The van der Waals surface area contributed by atoms with Gasteiger partial charge in [-0.2, -0.15) is 0 Å². The quantitative estimate of drug-likeness (QED) is 0.0208. The minimum Gasteiger partial charge on any atom is -0.465 e. The van der Waals surface area contributed by atoms with Crippen LogP contribution in [0.3, 0.4) is 0 Å². The van der Waals surface area contributed by atoms with Gasteiger partial charge >= 0.3 is 23.9 Å². The van der Waals surface area contributed by atoms with Gasteiger partial charge in [0.2, 0.25) is 0 Å². The lowest BCUT2D eigenvalue weighted by atomic mass is 9.76. The van der Waals surface area contributed by atoms with Crippen LogP contribution in [0.15, 0.2) is 329 Å². The lowest BCUT2D eigenvalue weighted by Gasteiger charge is -2.45. The summed E-state index contributed by atoms with van der Waals surface area (Å²) < 4.78 is 26.0. The van der Waals surface area contributed by atoms with Gasteiger partial charge in [-0.1, -0.05) is 177 Å². The predicted octanol–water partition coefficient (Wildman–Crippen LogP) is 26.1. The minimum absolute atomic E-state index is 0.0365. The van der Waals surface area contributed by atoms with E-state index in [-0.39, 0.29) is 45.9 Å². The van der Waals surface area contributed by atoms with E-state index in [4.69, 9.17) is 18.9 Å². The maximum atomic E-state index is 12.5. The molecule has 123 heavy (non-hydrogen) atoms. The van der Waals surface area contributed by atoms with Crippen LogP contribution in [0.1, 0.15) is 137 Å². The van der Waals surface area contributed by atoms with Crippen LogP contribution in [-0.4, -0.2) is 68.4 Å². The summed E-state index contributed by atoms with van der Waals surface area (Å²) in [6, 6.07) is 107. The van der Waals surface area contributed by atoms with Crippen molar-refractivity contribution < 1.29 is 38.1 Å². The number of fused-ring (bicyclic) bond motifs is 6. The first-order valence-electron chi connectivity index (χ1n) is 43.3. The molecule has 4 heterocycles. The second-order valence-corrected chi connectivity index (χ2v) is 35.1. The number of anilines is 6. The molecule has 12 aromatic carbocycles.